The minimum absolute atomic E-state index is 0.120. The van der Waals surface area contributed by atoms with Gasteiger partial charge in [0.15, 0.2) is 0 Å². The quantitative estimate of drug-likeness (QED) is 0.608. The summed E-state index contributed by atoms with van der Waals surface area (Å²) in [5, 5.41) is 3.15. The second-order valence-electron chi connectivity index (χ2n) is 3.10. The van der Waals surface area contributed by atoms with Gasteiger partial charge in [0, 0.05) is 19.0 Å². The zero-order valence-electron chi connectivity index (χ0n) is 7.61. The van der Waals surface area contributed by atoms with E-state index in [-0.39, 0.29) is 11.7 Å². The van der Waals surface area contributed by atoms with Gasteiger partial charge in [0.2, 0.25) is 0 Å². The average molecular weight is 155 g/mol. The van der Waals surface area contributed by atoms with Crippen molar-refractivity contribution in [2.24, 2.45) is 5.92 Å². The van der Waals surface area contributed by atoms with Gasteiger partial charge in [-0.05, 0) is 13.8 Å². The number of carbonyl (C=O) groups excluding carboxylic acids is 1. The molecule has 0 rings (SSSR count). The monoisotopic (exact) mass is 155 g/mol. The highest BCUT2D eigenvalue weighted by Crippen LogP contribution is 1.93. The number of hydrogen-bond acceptors (Lipinski definition) is 2. The van der Waals surface area contributed by atoms with Crippen LogP contribution in [0.1, 0.15) is 20.8 Å². The van der Waals surface area contributed by atoms with Crippen LogP contribution >= 0.6 is 0 Å². The predicted octanol–water partition coefficient (Wildman–Crippen LogP) is 1.38. The van der Waals surface area contributed by atoms with Crippen LogP contribution in [0, 0.1) is 5.92 Å². The minimum atomic E-state index is 0.120. The molecular weight excluding hydrogens is 138 g/mol. The molecule has 0 aromatic heterocycles. The van der Waals surface area contributed by atoms with E-state index in [0.717, 1.165) is 18.7 Å². The fourth-order valence-corrected chi connectivity index (χ4v) is 0.646. The first-order valence-electron chi connectivity index (χ1n) is 3.89. The molecule has 0 aliphatic heterocycles. The van der Waals surface area contributed by atoms with Crippen molar-refractivity contribution in [3.05, 3.63) is 12.2 Å². The van der Waals surface area contributed by atoms with Gasteiger partial charge in [-0.1, -0.05) is 19.1 Å². The summed E-state index contributed by atoms with van der Waals surface area (Å²) in [6.45, 7) is 10.8. The Bertz CT molecular complexity index is 152. The molecule has 0 bridgehead atoms. The molecule has 11 heavy (non-hydrogen) atoms. The molecule has 1 atom stereocenters. The highest BCUT2D eigenvalue weighted by molar-refractivity contribution is 5.78. The van der Waals surface area contributed by atoms with Crippen LogP contribution in [0.2, 0.25) is 0 Å². The molecule has 64 valence electrons. The number of hydrogen-bond donors (Lipinski definition) is 1. The largest absolute Gasteiger partial charge is 0.312 e. The van der Waals surface area contributed by atoms with E-state index in [4.69, 9.17) is 0 Å². The zero-order chi connectivity index (χ0) is 8.85. The van der Waals surface area contributed by atoms with Crippen molar-refractivity contribution < 1.29 is 4.79 Å². The van der Waals surface area contributed by atoms with Crippen molar-refractivity contribution >= 4 is 5.78 Å². The average Bonchev–Trinajstić information content (AvgIpc) is 1.86. The number of Topliss-reactive ketones (excluding diaryl/α,β-unsaturated/α-hetero) is 1. The molecule has 0 aliphatic rings. The first-order chi connectivity index (χ1) is 5.04. The van der Waals surface area contributed by atoms with E-state index in [1.54, 1.807) is 6.92 Å². The van der Waals surface area contributed by atoms with E-state index in [1.165, 1.54) is 0 Å². The van der Waals surface area contributed by atoms with Crippen molar-refractivity contribution in [2.75, 3.05) is 13.1 Å². The third kappa shape index (κ3) is 5.80. The van der Waals surface area contributed by atoms with Gasteiger partial charge in [-0.25, -0.2) is 0 Å². The lowest BCUT2D eigenvalue weighted by molar-refractivity contribution is -0.120. The normalized spacial score (nSPS) is 12.6. The lowest BCUT2D eigenvalue weighted by Gasteiger charge is -2.08. The Morgan fingerprint density at radius 1 is 1.55 bits per heavy atom. The Balaban J connectivity index is 3.39. The predicted molar refractivity (Wildman–Crippen MR) is 47.5 cm³/mol. The van der Waals surface area contributed by atoms with Crippen LogP contribution in [0.25, 0.3) is 0 Å². The second-order valence-corrected chi connectivity index (χ2v) is 3.10. The lowest BCUT2D eigenvalue weighted by atomic mass is 10.1. The molecule has 2 heteroatoms. The Kier molecular flexibility index (Phi) is 4.79. The van der Waals surface area contributed by atoms with Crippen LogP contribution in [0.3, 0.4) is 0 Å². The summed E-state index contributed by atoms with van der Waals surface area (Å²) in [7, 11) is 0. The second kappa shape index (κ2) is 5.08. The van der Waals surface area contributed by atoms with Crippen molar-refractivity contribution in [1.29, 1.82) is 0 Å². The molecule has 2 nitrogen and oxygen atoms in total. The highest BCUT2D eigenvalue weighted by atomic mass is 16.1. The molecule has 0 radical (unpaired) electrons. The molecule has 0 saturated carbocycles. The summed E-state index contributed by atoms with van der Waals surface area (Å²) in [5.41, 5.74) is 1.10. The number of carbonyl (C=O) groups is 1. The number of rotatable bonds is 5. The van der Waals surface area contributed by atoms with Crippen molar-refractivity contribution in [3.8, 4) is 0 Å². The maximum Gasteiger partial charge on any atom is 0.133 e. The Labute approximate surface area is 68.7 Å². The molecule has 0 saturated heterocycles. The molecule has 1 unspecified atom stereocenters. The summed E-state index contributed by atoms with van der Waals surface area (Å²) in [5.74, 6) is 0.355. The summed E-state index contributed by atoms with van der Waals surface area (Å²) in [6, 6.07) is 0. The maximum atomic E-state index is 10.8. The Morgan fingerprint density at radius 2 is 2.09 bits per heavy atom. The standard InChI is InChI=1S/C9H17NO/c1-7(2)5-10-6-8(3)9(4)11/h8,10H,1,5-6H2,2-4H3. The molecule has 0 heterocycles. The fraction of sp³-hybridized carbons (Fsp3) is 0.667. The van der Waals surface area contributed by atoms with Gasteiger partial charge in [0.25, 0.3) is 0 Å². The summed E-state index contributed by atoms with van der Waals surface area (Å²) in [4.78, 5) is 10.8. The molecule has 0 aromatic carbocycles. The smallest absolute Gasteiger partial charge is 0.133 e. The van der Waals surface area contributed by atoms with Gasteiger partial charge >= 0.3 is 0 Å². The topological polar surface area (TPSA) is 29.1 Å². The van der Waals surface area contributed by atoms with Gasteiger partial charge < -0.3 is 5.32 Å². The molecule has 0 aliphatic carbocycles. The van der Waals surface area contributed by atoms with Crippen molar-refractivity contribution in [3.63, 3.8) is 0 Å². The van der Waals surface area contributed by atoms with Crippen LogP contribution in [0.15, 0.2) is 12.2 Å². The van der Waals surface area contributed by atoms with Gasteiger partial charge in [0.1, 0.15) is 5.78 Å². The first-order valence-corrected chi connectivity index (χ1v) is 3.89. The molecule has 0 spiro atoms. The van der Waals surface area contributed by atoms with Crippen LogP contribution in [0.5, 0.6) is 0 Å². The van der Waals surface area contributed by atoms with E-state index in [9.17, 15) is 4.79 Å². The fourth-order valence-electron chi connectivity index (χ4n) is 0.646. The SMILES string of the molecule is C=C(C)CNCC(C)C(C)=O. The Hall–Kier alpha value is -0.630. The third-order valence-corrected chi connectivity index (χ3v) is 1.57. The molecular formula is C9H17NO. The highest BCUT2D eigenvalue weighted by Gasteiger charge is 2.05. The van der Waals surface area contributed by atoms with Crippen molar-refractivity contribution in [2.45, 2.75) is 20.8 Å². The van der Waals surface area contributed by atoms with Gasteiger partial charge in [-0.2, -0.15) is 0 Å². The van der Waals surface area contributed by atoms with Crippen LogP contribution < -0.4 is 5.32 Å². The van der Waals surface area contributed by atoms with Crippen LogP contribution in [0.4, 0.5) is 0 Å². The Morgan fingerprint density at radius 3 is 2.45 bits per heavy atom. The van der Waals surface area contributed by atoms with Gasteiger partial charge in [0.05, 0.1) is 0 Å². The van der Waals surface area contributed by atoms with Gasteiger partial charge in [-0.15, -0.1) is 0 Å². The lowest BCUT2D eigenvalue weighted by Crippen LogP contribution is -2.26. The summed E-state index contributed by atoms with van der Waals surface area (Å²) in [6.07, 6.45) is 0. The van der Waals surface area contributed by atoms with Crippen LogP contribution in [-0.4, -0.2) is 18.9 Å². The van der Waals surface area contributed by atoms with E-state index < -0.39 is 0 Å². The zero-order valence-corrected chi connectivity index (χ0v) is 7.61. The van der Waals surface area contributed by atoms with Gasteiger partial charge in [-0.3, -0.25) is 4.79 Å². The summed E-state index contributed by atoms with van der Waals surface area (Å²) < 4.78 is 0. The van der Waals surface area contributed by atoms with E-state index >= 15 is 0 Å². The first kappa shape index (κ1) is 10.4. The van der Waals surface area contributed by atoms with Crippen molar-refractivity contribution in [1.82, 2.24) is 5.32 Å². The molecule has 0 amide bonds. The van der Waals surface area contributed by atoms with Crippen LogP contribution in [-0.2, 0) is 4.79 Å². The number of ketones is 1. The number of nitrogens with one attached hydrogen (secondary N) is 1. The van der Waals surface area contributed by atoms with E-state index in [0.29, 0.717) is 0 Å². The maximum absolute atomic E-state index is 10.8. The molecule has 0 fully saturated rings. The minimum Gasteiger partial charge on any atom is -0.312 e. The molecule has 1 N–H and O–H groups in total. The van der Waals surface area contributed by atoms with E-state index in [2.05, 4.69) is 11.9 Å². The molecule has 0 aromatic rings. The summed E-state index contributed by atoms with van der Waals surface area (Å²) >= 11 is 0. The van der Waals surface area contributed by atoms with E-state index in [1.807, 2.05) is 13.8 Å². The third-order valence-electron chi connectivity index (χ3n) is 1.57.